The number of rotatable bonds is 4. The van der Waals surface area contributed by atoms with Crippen molar-refractivity contribution >= 4 is 34.8 Å². The van der Waals surface area contributed by atoms with E-state index in [0.717, 1.165) is 29.2 Å². The summed E-state index contributed by atoms with van der Waals surface area (Å²) >= 11 is 7.44. The summed E-state index contributed by atoms with van der Waals surface area (Å²) in [5, 5.41) is 4.19. The van der Waals surface area contributed by atoms with Crippen LogP contribution in [0.3, 0.4) is 0 Å². The zero-order valence-electron chi connectivity index (χ0n) is 15.1. The minimum atomic E-state index is -0.565. The molecule has 2 bridgehead atoms. The average Bonchev–Trinajstić information content (AvgIpc) is 2.62. The normalized spacial score (nSPS) is 23.7. The number of thioether (sulfide) groups is 1. The lowest BCUT2D eigenvalue weighted by Crippen LogP contribution is -2.65. The Kier molecular flexibility index (Phi) is 4.49. The second-order valence-electron chi connectivity index (χ2n) is 6.63. The second-order valence-corrected chi connectivity index (χ2v) is 7.89. The third kappa shape index (κ3) is 2.81. The smallest absolute Gasteiger partial charge is 0.188 e. The molecule has 0 saturated carbocycles. The topological polar surface area (TPSA) is 33.7 Å². The van der Waals surface area contributed by atoms with Gasteiger partial charge in [-0.2, -0.15) is 0 Å². The van der Waals surface area contributed by atoms with Crippen molar-refractivity contribution in [3.05, 3.63) is 48.0 Å². The van der Waals surface area contributed by atoms with Crippen LogP contribution in [0.25, 0.3) is 0 Å². The number of nitrogens with zero attached hydrogens (tertiary/aromatic N) is 1. The van der Waals surface area contributed by atoms with Crippen LogP contribution in [0.5, 0.6) is 11.5 Å². The second kappa shape index (κ2) is 6.67. The Hall–Kier alpha value is -1.92. The summed E-state index contributed by atoms with van der Waals surface area (Å²) in [6.45, 7) is 4.69. The van der Waals surface area contributed by atoms with E-state index in [4.69, 9.17) is 21.7 Å². The van der Waals surface area contributed by atoms with Crippen LogP contribution >= 0.6 is 24.0 Å². The number of fused-ring (bicyclic) bond motifs is 4. The predicted molar refractivity (Wildman–Crippen MR) is 110 cm³/mol. The van der Waals surface area contributed by atoms with E-state index in [1.54, 1.807) is 11.8 Å². The van der Waals surface area contributed by atoms with E-state index in [0.29, 0.717) is 11.7 Å². The molecule has 2 aliphatic rings. The number of benzene rings is 2. The maximum absolute atomic E-state index is 6.55. The molecule has 6 heteroatoms. The first-order valence-corrected chi connectivity index (χ1v) is 10.4. The number of nitrogens with one attached hydrogen (secondary N) is 1. The van der Waals surface area contributed by atoms with Gasteiger partial charge in [-0.25, -0.2) is 0 Å². The third-order valence-corrected chi connectivity index (χ3v) is 5.90. The van der Waals surface area contributed by atoms with Gasteiger partial charge in [-0.3, -0.25) is 4.90 Å². The molecular weight excluding hydrogens is 364 g/mol. The van der Waals surface area contributed by atoms with Crippen molar-refractivity contribution < 1.29 is 9.47 Å². The Balaban J connectivity index is 1.79. The molecule has 0 aliphatic carbocycles. The van der Waals surface area contributed by atoms with Gasteiger partial charge >= 0.3 is 0 Å². The molecule has 2 unspecified atom stereocenters. The lowest BCUT2D eigenvalue weighted by Gasteiger charge is -2.52. The SMILES string of the molecule is CCOc1cccc2c1OC1(C)CC2NC(=S)N1c1cccc(SC)c1. The highest BCUT2D eigenvalue weighted by Crippen LogP contribution is 2.49. The number of para-hydroxylation sites is 1. The summed E-state index contributed by atoms with van der Waals surface area (Å²) in [6, 6.07) is 14.6. The van der Waals surface area contributed by atoms with Crippen molar-refractivity contribution in [2.75, 3.05) is 17.8 Å². The Morgan fingerprint density at radius 3 is 2.92 bits per heavy atom. The summed E-state index contributed by atoms with van der Waals surface area (Å²) in [5.41, 5.74) is 1.57. The van der Waals surface area contributed by atoms with E-state index < -0.39 is 5.72 Å². The van der Waals surface area contributed by atoms with Crippen LogP contribution in [0.4, 0.5) is 5.69 Å². The molecule has 4 rings (SSSR count). The highest BCUT2D eigenvalue weighted by Gasteiger charge is 2.49. The van der Waals surface area contributed by atoms with Gasteiger partial charge in [0.2, 0.25) is 0 Å². The molecule has 1 saturated heterocycles. The van der Waals surface area contributed by atoms with Gasteiger partial charge in [-0.1, -0.05) is 18.2 Å². The minimum absolute atomic E-state index is 0.122. The summed E-state index contributed by atoms with van der Waals surface area (Å²) < 4.78 is 12.4. The van der Waals surface area contributed by atoms with Crippen molar-refractivity contribution in [2.24, 2.45) is 0 Å². The molecule has 2 aromatic rings. The zero-order valence-corrected chi connectivity index (χ0v) is 16.7. The summed E-state index contributed by atoms with van der Waals surface area (Å²) in [7, 11) is 0. The van der Waals surface area contributed by atoms with Crippen molar-refractivity contribution in [1.82, 2.24) is 5.32 Å². The van der Waals surface area contributed by atoms with E-state index in [-0.39, 0.29) is 6.04 Å². The highest BCUT2D eigenvalue weighted by molar-refractivity contribution is 7.98. The van der Waals surface area contributed by atoms with Crippen LogP contribution in [-0.2, 0) is 0 Å². The summed E-state index contributed by atoms with van der Waals surface area (Å²) in [4.78, 5) is 3.28. The van der Waals surface area contributed by atoms with E-state index in [9.17, 15) is 0 Å². The van der Waals surface area contributed by atoms with Crippen molar-refractivity contribution in [3.63, 3.8) is 0 Å². The Morgan fingerprint density at radius 1 is 1.35 bits per heavy atom. The molecule has 1 fully saturated rings. The molecule has 2 heterocycles. The van der Waals surface area contributed by atoms with Crippen LogP contribution < -0.4 is 19.7 Å². The first kappa shape index (κ1) is 17.5. The molecule has 26 heavy (non-hydrogen) atoms. The zero-order chi connectivity index (χ0) is 18.3. The van der Waals surface area contributed by atoms with Gasteiger partial charge in [0, 0.05) is 22.6 Å². The maximum Gasteiger partial charge on any atom is 0.188 e. The number of hydrogen-bond donors (Lipinski definition) is 1. The number of ether oxygens (including phenoxy) is 2. The number of anilines is 1. The molecule has 1 N–H and O–H groups in total. The van der Waals surface area contributed by atoms with E-state index in [2.05, 4.69) is 53.7 Å². The standard InChI is InChI=1S/C20H22N2O2S2/c1-4-23-17-10-6-9-15-16-12-20(2,24-18(15)17)22(19(25)21-16)13-7-5-8-14(11-13)26-3/h5-11,16H,4,12H2,1-3H3,(H,21,25). The lowest BCUT2D eigenvalue weighted by atomic mass is 9.90. The first-order chi connectivity index (χ1) is 12.6. The van der Waals surface area contributed by atoms with Crippen LogP contribution in [0.15, 0.2) is 47.4 Å². The van der Waals surface area contributed by atoms with E-state index in [1.165, 1.54) is 4.90 Å². The van der Waals surface area contributed by atoms with Crippen LogP contribution in [0.1, 0.15) is 31.9 Å². The maximum atomic E-state index is 6.55. The van der Waals surface area contributed by atoms with Crippen molar-refractivity contribution in [1.29, 1.82) is 0 Å². The number of hydrogen-bond acceptors (Lipinski definition) is 4. The van der Waals surface area contributed by atoms with Gasteiger partial charge in [0.05, 0.1) is 12.6 Å². The lowest BCUT2D eigenvalue weighted by molar-refractivity contribution is 0.0457. The molecule has 0 amide bonds. The molecule has 2 aromatic carbocycles. The van der Waals surface area contributed by atoms with Gasteiger partial charge in [0.25, 0.3) is 0 Å². The third-order valence-electron chi connectivity index (χ3n) is 4.87. The first-order valence-electron chi connectivity index (χ1n) is 8.75. The fourth-order valence-corrected chi connectivity index (χ4v) is 4.66. The van der Waals surface area contributed by atoms with Crippen LogP contribution in [0.2, 0.25) is 0 Å². The molecule has 136 valence electrons. The molecule has 0 aromatic heterocycles. The largest absolute Gasteiger partial charge is 0.490 e. The van der Waals surface area contributed by atoms with Crippen LogP contribution in [-0.4, -0.2) is 23.7 Å². The predicted octanol–water partition coefficient (Wildman–Crippen LogP) is 4.74. The van der Waals surface area contributed by atoms with E-state index >= 15 is 0 Å². The van der Waals surface area contributed by atoms with Gasteiger partial charge in [-0.15, -0.1) is 11.8 Å². The monoisotopic (exact) mass is 386 g/mol. The Labute approximate surface area is 163 Å². The average molecular weight is 387 g/mol. The van der Waals surface area contributed by atoms with Gasteiger partial charge in [0.15, 0.2) is 22.3 Å². The minimum Gasteiger partial charge on any atom is -0.490 e. The highest BCUT2D eigenvalue weighted by atomic mass is 32.2. The van der Waals surface area contributed by atoms with Crippen LogP contribution in [0, 0.1) is 0 Å². The van der Waals surface area contributed by atoms with E-state index in [1.807, 2.05) is 19.1 Å². The summed E-state index contributed by atoms with van der Waals surface area (Å²) in [5.74, 6) is 1.60. The molecule has 0 spiro atoms. The molecule has 2 aliphatic heterocycles. The number of thiocarbonyl (C=S) groups is 1. The van der Waals surface area contributed by atoms with Crippen molar-refractivity contribution in [3.8, 4) is 11.5 Å². The fraction of sp³-hybridized carbons (Fsp3) is 0.350. The van der Waals surface area contributed by atoms with Gasteiger partial charge < -0.3 is 14.8 Å². The van der Waals surface area contributed by atoms with Gasteiger partial charge in [-0.05, 0) is 56.6 Å². The van der Waals surface area contributed by atoms with Crippen molar-refractivity contribution in [2.45, 2.75) is 36.9 Å². The molecule has 2 atom stereocenters. The van der Waals surface area contributed by atoms with Gasteiger partial charge in [0.1, 0.15) is 0 Å². The Bertz CT molecular complexity index is 857. The quantitative estimate of drug-likeness (QED) is 0.604. The fourth-order valence-electron chi connectivity index (χ4n) is 3.77. The Morgan fingerprint density at radius 2 is 2.15 bits per heavy atom. The summed E-state index contributed by atoms with van der Waals surface area (Å²) in [6.07, 6.45) is 2.88. The molecule has 4 nitrogen and oxygen atoms in total. The molecule has 0 radical (unpaired) electrons. The molecular formula is C20H22N2O2S2.